The number of nitrogens with zero attached hydrogens (tertiary/aromatic N) is 1. The first-order valence-electron chi connectivity index (χ1n) is 6.70. The Morgan fingerprint density at radius 2 is 1.84 bits per heavy atom. The van der Waals surface area contributed by atoms with Crippen LogP contribution in [-0.2, 0) is 6.42 Å². The molecule has 106 valence electrons. The van der Waals surface area contributed by atoms with Crippen molar-refractivity contribution in [3.05, 3.63) is 35.4 Å². The Labute approximate surface area is 121 Å². The van der Waals surface area contributed by atoms with Crippen LogP contribution in [0.15, 0.2) is 24.3 Å². The van der Waals surface area contributed by atoms with E-state index < -0.39 is 5.97 Å². The first-order valence-corrected chi connectivity index (χ1v) is 6.70. The second-order valence-electron chi connectivity index (χ2n) is 5.28. The molecule has 0 bridgehead atoms. The van der Waals surface area contributed by atoms with Crippen molar-refractivity contribution < 1.29 is 9.90 Å². The van der Waals surface area contributed by atoms with Crippen LogP contribution >= 0.6 is 12.4 Å². The molecule has 4 heteroatoms. The highest BCUT2D eigenvalue weighted by molar-refractivity contribution is 5.87. The van der Waals surface area contributed by atoms with Crippen molar-refractivity contribution in [3.8, 4) is 0 Å². The summed E-state index contributed by atoms with van der Waals surface area (Å²) in [4.78, 5) is 13.2. The van der Waals surface area contributed by atoms with Gasteiger partial charge in [-0.15, -0.1) is 12.4 Å². The Hall–Kier alpha value is -1.06. The number of carboxylic acid groups (broad SMARTS) is 1. The number of piperidine rings is 1. The van der Waals surface area contributed by atoms with Gasteiger partial charge in [-0.25, -0.2) is 4.79 Å². The van der Waals surface area contributed by atoms with E-state index in [0.29, 0.717) is 5.56 Å². The highest BCUT2D eigenvalue weighted by Crippen LogP contribution is 2.16. The Bertz CT molecular complexity index is 397. The molecule has 3 nitrogen and oxygen atoms in total. The minimum atomic E-state index is -0.855. The first-order chi connectivity index (χ1) is 8.65. The lowest BCUT2D eigenvalue weighted by Crippen LogP contribution is -2.34. The van der Waals surface area contributed by atoms with Gasteiger partial charge >= 0.3 is 5.97 Å². The van der Waals surface area contributed by atoms with Crippen LogP contribution in [-0.4, -0.2) is 35.6 Å². The topological polar surface area (TPSA) is 40.5 Å². The number of likely N-dealkylation sites (tertiary alicyclic amines) is 1. The smallest absolute Gasteiger partial charge is 0.335 e. The molecule has 0 spiro atoms. The largest absolute Gasteiger partial charge is 0.478 e. The summed E-state index contributed by atoms with van der Waals surface area (Å²) in [6.45, 7) is 5.81. The number of rotatable bonds is 4. The van der Waals surface area contributed by atoms with Gasteiger partial charge in [0.1, 0.15) is 0 Å². The van der Waals surface area contributed by atoms with Crippen LogP contribution in [0.5, 0.6) is 0 Å². The molecule has 0 aliphatic carbocycles. The summed E-state index contributed by atoms with van der Waals surface area (Å²) < 4.78 is 0. The molecule has 1 aromatic carbocycles. The zero-order valence-electron chi connectivity index (χ0n) is 11.3. The van der Waals surface area contributed by atoms with Crippen molar-refractivity contribution in [2.45, 2.75) is 26.2 Å². The summed E-state index contributed by atoms with van der Waals surface area (Å²) in [6.07, 6.45) is 3.62. The molecule has 19 heavy (non-hydrogen) atoms. The minimum absolute atomic E-state index is 0. The van der Waals surface area contributed by atoms with Crippen LogP contribution < -0.4 is 0 Å². The van der Waals surface area contributed by atoms with Gasteiger partial charge in [-0.2, -0.15) is 0 Å². The number of carbonyl (C=O) groups is 1. The second kappa shape index (κ2) is 7.51. The van der Waals surface area contributed by atoms with E-state index in [4.69, 9.17) is 5.11 Å². The number of carboxylic acids is 1. The van der Waals surface area contributed by atoms with Gasteiger partial charge in [-0.1, -0.05) is 19.1 Å². The van der Waals surface area contributed by atoms with Crippen LogP contribution in [0.3, 0.4) is 0 Å². The van der Waals surface area contributed by atoms with Crippen molar-refractivity contribution >= 4 is 18.4 Å². The van der Waals surface area contributed by atoms with E-state index in [2.05, 4.69) is 11.8 Å². The number of hydrogen-bond donors (Lipinski definition) is 1. The Balaban J connectivity index is 0.00000180. The molecule has 0 radical (unpaired) electrons. The third-order valence-corrected chi connectivity index (χ3v) is 3.79. The molecule has 0 saturated carbocycles. The van der Waals surface area contributed by atoms with Gasteiger partial charge in [0.05, 0.1) is 5.56 Å². The van der Waals surface area contributed by atoms with Gasteiger partial charge in [0.25, 0.3) is 0 Å². The maximum atomic E-state index is 10.7. The zero-order chi connectivity index (χ0) is 13.0. The summed E-state index contributed by atoms with van der Waals surface area (Å²) in [6, 6.07) is 7.23. The first kappa shape index (κ1) is 16.0. The molecule has 1 saturated heterocycles. The van der Waals surface area contributed by atoms with E-state index in [1.165, 1.54) is 31.5 Å². The molecule has 1 N–H and O–H groups in total. The molecule has 1 aliphatic heterocycles. The maximum Gasteiger partial charge on any atom is 0.335 e. The van der Waals surface area contributed by atoms with E-state index in [1.807, 2.05) is 12.1 Å². The molecule has 1 fully saturated rings. The number of aromatic carboxylic acids is 1. The van der Waals surface area contributed by atoms with Crippen molar-refractivity contribution in [2.24, 2.45) is 5.92 Å². The summed E-state index contributed by atoms with van der Waals surface area (Å²) in [5, 5.41) is 8.83. The highest BCUT2D eigenvalue weighted by atomic mass is 35.5. The lowest BCUT2D eigenvalue weighted by atomic mass is 9.99. The number of halogens is 1. The quantitative estimate of drug-likeness (QED) is 0.923. The van der Waals surface area contributed by atoms with Gasteiger partial charge in [0, 0.05) is 6.54 Å². The minimum Gasteiger partial charge on any atom is -0.478 e. The molecule has 0 aromatic heterocycles. The van der Waals surface area contributed by atoms with Gasteiger partial charge in [0.2, 0.25) is 0 Å². The summed E-state index contributed by atoms with van der Waals surface area (Å²) >= 11 is 0. The lowest BCUT2D eigenvalue weighted by Gasteiger charge is -2.30. The molecule has 0 atom stereocenters. The van der Waals surface area contributed by atoms with Gasteiger partial charge < -0.3 is 10.0 Å². The van der Waals surface area contributed by atoms with Crippen LogP contribution in [0.25, 0.3) is 0 Å². The zero-order valence-corrected chi connectivity index (χ0v) is 12.2. The van der Waals surface area contributed by atoms with Crippen LogP contribution in [0.1, 0.15) is 35.7 Å². The Morgan fingerprint density at radius 1 is 1.26 bits per heavy atom. The van der Waals surface area contributed by atoms with Gasteiger partial charge in [-0.3, -0.25) is 0 Å². The maximum absolute atomic E-state index is 10.7. The third-order valence-electron chi connectivity index (χ3n) is 3.79. The molecule has 0 unspecified atom stereocenters. The van der Waals surface area contributed by atoms with Crippen molar-refractivity contribution in [2.75, 3.05) is 19.6 Å². The highest BCUT2D eigenvalue weighted by Gasteiger charge is 2.15. The molecule has 1 aromatic rings. The summed E-state index contributed by atoms with van der Waals surface area (Å²) in [5.41, 5.74) is 1.59. The van der Waals surface area contributed by atoms with Crippen molar-refractivity contribution in [3.63, 3.8) is 0 Å². The van der Waals surface area contributed by atoms with E-state index in [9.17, 15) is 4.79 Å². The Kier molecular flexibility index (Phi) is 6.32. The SMILES string of the molecule is CC1CCN(CCc2ccc(C(=O)O)cc2)CC1.Cl. The third kappa shape index (κ3) is 4.84. The fourth-order valence-electron chi connectivity index (χ4n) is 2.39. The molecular formula is C15H22ClNO2. The average molecular weight is 284 g/mol. The predicted molar refractivity (Wildman–Crippen MR) is 79.2 cm³/mol. The van der Waals surface area contributed by atoms with Crippen LogP contribution in [0, 0.1) is 5.92 Å². The van der Waals surface area contributed by atoms with Gasteiger partial charge in [0.15, 0.2) is 0 Å². The van der Waals surface area contributed by atoms with E-state index in [0.717, 1.165) is 18.9 Å². The van der Waals surface area contributed by atoms with Crippen LogP contribution in [0.4, 0.5) is 0 Å². The standard InChI is InChI=1S/C15H21NO2.ClH/c1-12-6-9-16(10-7-12)11-8-13-2-4-14(5-3-13)15(17)18;/h2-5,12H,6-11H2,1H3,(H,17,18);1H. The molecule has 0 amide bonds. The second-order valence-corrected chi connectivity index (χ2v) is 5.28. The van der Waals surface area contributed by atoms with E-state index >= 15 is 0 Å². The predicted octanol–water partition coefficient (Wildman–Crippen LogP) is 3.08. The van der Waals surface area contributed by atoms with Crippen molar-refractivity contribution in [1.29, 1.82) is 0 Å². The summed E-state index contributed by atoms with van der Waals surface area (Å²) in [5.74, 6) is 0.0164. The molecule has 1 heterocycles. The molecule has 2 rings (SSSR count). The number of benzene rings is 1. The van der Waals surface area contributed by atoms with Gasteiger partial charge in [-0.05, 0) is 56.0 Å². The normalized spacial score (nSPS) is 16.9. The fraction of sp³-hybridized carbons (Fsp3) is 0.533. The van der Waals surface area contributed by atoms with E-state index in [1.54, 1.807) is 12.1 Å². The molecule has 1 aliphatic rings. The Morgan fingerprint density at radius 3 is 2.37 bits per heavy atom. The monoisotopic (exact) mass is 283 g/mol. The molecular weight excluding hydrogens is 262 g/mol. The summed E-state index contributed by atoms with van der Waals surface area (Å²) in [7, 11) is 0. The van der Waals surface area contributed by atoms with E-state index in [-0.39, 0.29) is 12.4 Å². The van der Waals surface area contributed by atoms with Crippen LogP contribution in [0.2, 0.25) is 0 Å². The number of hydrogen-bond acceptors (Lipinski definition) is 2. The lowest BCUT2D eigenvalue weighted by molar-refractivity contribution is 0.0697. The fourth-order valence-corrected chi connectivity index (χ4v) is 2.39. The average Bonchev–Trinajstić information content (AvgIpc) is 2.38. The van der Waals surface area contributed by atoms with Crippen molar-refractivity contribution in [1.82, 2.24) is 4.90 Å².